The molecule has 0 radical (unpaired) electrons. The topological polar surface area (TPSA) is 109 Å². The van der Waals surface area contributed by atoms with Crippen molar-refractivity contribution >= 4 is 29.5 Å². The highest BCUT2D eigenvalue weighted by Crippen LogP contribution is 2.35. The molecule has 0 aliphatic carbocycles. The Balaban J connectivity index is 1.61. The van der Waals surface area contributed by atoms with Crippen molar-refractivity contribution < 1.29 is 19.4 Å². The van der Waals surface area contributed by atoms with Gasteiger partial charge in [-0.1, -0.05) is 35.9 Å². The minimum atomic E-state index is -0.826. The molecule has 1 aliphatic rings. The summed E-state index contributed by atoms with van der Waals surface area (Å²) in [6, 6.07) is 12.7. The molecule has 3 N–H and O–H groups in total. The first-order chi connectivity index (χ1) is 16.6. The lowest BCUT2D eigenvalue weighted by Gasteiger charge is -2.33. The van der Waals surface area contributed by atoms with Crippen LogP contribution >= 0.6 is 11.6 Å². The maximum absolute atomic E-state index is 12.3. The van der Waals surface area contributed by atoms with E-state index in [0.29, 0.717) is 53.5 Å². The molecule has 1 unspecified atom stereocenters. The molecule has 35 heavy (non-hydrogen) atoms. The Hall–Kier alpha value is -3.21. The van der Waals surface area contributed by atoms with Gasteiger partial charge >= 0.3 is 6.09 Å². The lowest BCUT2D eigenvalue weighted by Crippen LogP contribution is -2.44. The summed E-state index contributed by atoms with van der Waals surface area (Å²) < 4.78 is 11.6. The standard InChI is InChI=1S/C27H32ClN3O4/c1-27(2,3)35-26(33)31-13-11-21(12-14-31)34-24-10-9-23(30)22(25(24)28)16-20(32)8-7-18-5-4-6-19(15-18)17-29/h4-10,15,20-21,32H,11-14,16,30H2,1-3H3/b8-7+. The second-order valence-electron chi connectivity index (χ2n) is 9.60. The van der Waals surface area contributed by atoms with E-state index in [4.69, 9.17) is 32.1 Å². The van der Waals surface area contributed by atoms with Crippen LogP contribution in [0.1, 0.15) is 50.3 Å². The number of benzene rings is 2. The fourth-order valence-corrected chi connectivity index (χ4v) is 4.08. The number of ether oxygens (including phenoxy) is 2. The number of nitrogens with zero attached hydrogens (tertiary/aromatic N) is 2. The second-order valence-corrected chi connectivity index (χ2v) is 9.98. The van der Waals surface area contributed by atoms with Crippen molar-refractivity contribution in [3.8, 4) is 11.8 Å². The maximum Gasteiger partial charge on any atom is 0.410 e. The summed E-state index contributed by atoms with van der Waals surface area (Å²) in [7, 11) is 0. The number of hydrogen-bond acceptors (Lipinski definition) is 6. The highest BCUT2D eigenvalue weighted by atomic mass is 35.5. The average molecular weight is 498 g/mol. The number of nitrogen functional groups attached to an aromatic ring is 1. The zero-order valence-electron chi connectivity index (χ0n) is 20.3. The molecule has 1 fully saturated rings. The Morgan fingerprint density at radius 2 is 2.03 bits per heavy atom. The third-order valence-electron chi connectivity index (χ3n) is 5.57. The number of carbonyl (C=O) groups is 1. The molecule has 0 spiro atoms. The fourth-order valence-electron chi connectivity index (χ4n) is 3.79. The Kier molecular flexibility index (Phi) is 8.66. The van der Waals surface area contributed by atoms with Gasteiger partial charge in [-0.15, -0.1) is 0 Å². The van der Waals surface area contributed by atoms with Gasteiger partial charge in [-0.05, 0) is 50.6 Å². The van der Waals surface area contributed by atoms with Crippen LogP contribution in [-0.4, -0.2) is 47.0 Å². The minimum absolute atomic E-state index is 0.0973. The molecular weight excluding hydrogens is 466 g/mol. The largest absolute Gasteiger partial charge is 0.489 e. The van der Waals surface area contributed by atoms with Gasteiger partial charge in [0.05, 0.1) is 22.8 Å². The van der Waals surface area contributed by atoms with Crippen LogP contribution in [0.2, 0.25) is 5.02 Å². The van der Waals surface area contributed by atoms with Gasteiger partial charge in [-0.3, -0.25) is 0 Å². The molecular formula is C27H32ClN3O4. The number of likely N-dealkylation sites (tertiary alicyclic amines) is 1. The molecule has 186 valence electrons. The summed E-state index contributed by atoms with van der Waals surface area (Å²) in [5, 5.41) is 20.0. The third kappa shape index (κ3) is 7.64. The van der Waals surface area contributed by atoms with Gasteiger partial charge in [0, 0.05) is 43.6 Å². The Labute approximate surface area is 211 Å². The lowest BCUT2D eigenvalue weighted by molar-refractivity contribution is 0.0126. The molecule has 1 heterocycles. The third-order valence-corrected chi connectivity index (χ3v) is 5.99. The van der Waals surface area contributed by atoms with E-state index in [9.17, 15) is 9.90 Å². The number of anilines is 1. The van der Waals surface area contributed by atoms with Crippen LogP contribution in [0.25, 0.3) is 6.08 Å². The maximum atomic E-state index is 12.3. The van der Waals surface area contributed by atoms with Gasteiger partial charge in [-0.2, -0.15) is 5.26 Å². The fraction of sp³-hybridized carbons (Fsp3) is 0.407. The van der Waals surface area contributed by atoms with Crippen molar-refractivity contribution in [3.63, 3.8) is 0 Å². The number of amides is 1. The number of aliphatic hydroxyl groups is 1. The Bertz CT molecular complexity index is 1110. The number of nitriles is 1. The number of piperidine rings is 1. The number of carbonyl (C=O) groups excluding carboxylic acids is 1. The molecule has 1 amide bonds. The van der Waals surface area contributed by atoms with E-state index >= 15 is 0 Å². The summed E-state index contributed by atoms with van der Waals surface area (Å²) in [4.78, 5) is 14.0. The van der Waals surface area contributed by atoms with Gasteiger partial charge in [0.25, 0.3) is 0 Å². The van der Waals surface area contributed by atoms with Crippen molar-refractivity contribution in [2.45, 2.75) is 57.8 Å². The molecule has 2 aromatic carbocycles. The van der Waals surface area contributed by atoms with Crippen LogP contribution in [0.5, 0.6) is 5.75 Å². The minimum Gasteiger partial charge on any atom is -0.489 e. The highest BCUT2D eigenvalue weighted by Gasteiger charge is 2.28. The summed E-state index contributed by atoms with van der Waals surface area (Å²) >= 11 is 6.63. The number of hydrogen-bond donors (Lipinski definition) is 2. The number of rotatable bonds is 6. The number of aliphatic hydroxyl groups excluding tert-OH is 1. The monoisotopic (exact) mass is 497 g/mol. The summed E-state index contributed by atoms with van der Waals surface area (Å²) in [6.45, 7) is 6.62. The molecule has 1 aliphatic heterocycles. The zero-order valence-corrected chi connectivity index (χ0v) is 21.1. The zero-order chi connectivity index (χ0) is 25.6. The van der Waals surface area contributed by atoms with Gasteiger partial charge < -0.3 is 25.2 Å². The Morgan fingerprint density at radius 3 is 2.69 bits per heavy atom. The first-order valence-corrected chi connectivity index (χ1v) is 12.0. The highest BCUT2D eigenvalue weighted by molar-refractivity contribution is 6.33. The van der Waals surface area contributed by atoms with Crippen molar-refractivity contribution in [3.05, 3.63) is 64.2 Å². The van der Waals surface area contributed by atoms with Gasteiger partial charge in [0.1, 0.15) is 17.5 Å². The van der Waals surface area contributed by atoms with Crippen LogP contribution in [0, 0.1) is 11.3 Å². The summed E-state index contributed by atoms with van der Waals surface area (Å²) in [6.07, 6.45) is 3.69. The molecule has 8 heteroatoms. The quantitative estimate of drug-likeness (QED) is 0.531. The van der Waals surface area contributed by atoms with E-state index < -0.39 is 11.7 Å². The molecule has 7 nitrogen and oxygen atoms in total. The van der Waals surface area contributed by atoms with E-state index in [1.807, 2.05) is 26.8 Å². The summed E-state index contributed by atoms with van der Waals surface area (Å²) in [5.74, 6) is 0.504. The molecule has 0 saturated carbocycles. The molecule has 0 aromatic heterocycles. The van der Waals surface area contributed by atoms with Crippen molar-refractivity contribution in [2.24, 2.45) is 0 Å². The van der Waals surface area contributed by atoms with Crippen LogP contribution < -0.4 is 10.5 Å². The lowest BCUT2D eigenvalue weighted by atomic mass is 10.0. The molecule has 2 aromatic rings. The molecule has 0 bridgehead atoms. The van der Waals surface area contributed by atoms with Crippen molar-refractivity contribution in [1.29, 1.82) is 5.26 Å². The van der Waals surface area contributed by atoms with Gasteiger partial charge in [0.2, 0.25) is 0 Å². The average Bonchev–Trinajstić information content (AvgIpc) is 2.81. The number of halogens is 1. The SMILES string of the molecule is CC(C)(C)OC(=O)N1CCC(Oc2ccc(N)c(CC(O)/C=C/c3cccc(C#N)c3)c2Cl)CC1. The van der Waals surface area contributed by atoms with Crippen molar-refractivity contribution in [2.75, 3.05) is 18.8 Å². The smallest absolute Gasteiger partial charge is 0.410 e. The first kappa shape index (κ1) is 26.4. The van der Waals surface area contributed by atoms with Gasteiger partial charge in [0.15, 0.2) is 0 Å². The van der Waals surface area contributed by atoms with E-state index in [1.165, 1.54) is 0 Å². The predicted molar refractivity (Wildman–Crippen MR) is 137 cm³/mol. The molecule has 3 rings (SSSR count). The van der Waals surface area contributed by atoms with Crippen LogP contribution in [-0.2, 0) is 11.2 Å². The Morgan fingerprint density at radius 1 is 1.31 bits per heavy atom. The molecule has 1 atom stereocenters. The number of nitrogens with two attached hydrogens (primary N) is 1. The predicted octanol–water partition coefficient (Wildman–Crippen LogP) is 5.19. The van der Waals surface area contributed by atoms with Crippen LogP contribution in [0.3, 0.4) is 0 Å². The summed E-state index contributed by atoms with van der Waals surface area (Å²) in [5.41, 5.74) is 8.07. The van der Waals surface area contributed by atoms with Crippen molar-refractivity contribution in [1.82, 2.24) is 4.90 Å². The van der Waals surface area contributed by atoms with Crippen LogP contribution in [0.4, 0.5) is 10.5 Å². The van der Waals surface area contributed by atoms with Crippen LogP contribution in [0.15, 0.2) is 42.5 Å². The van der Waals surface area contributed by atoms with E-state index in [2.05, 4.69) is 6.07 Å². The van der Waals surface area contributed by atoms with Gasteiger partial charge in [-0.25, -0.2) is 4.79 Å². The van der Waals surface area contributed by atoms with E-state index in [-0.39, 0.29) is 18.6 Å². The van der Waals surface area contributed by atoms with E-state index in [1.54, 1.807) is 47.4 Å². The molecule has 1 saturated heterocycles. The normalized spacial score (nSPS) is 15.6. The van der Waals surface area contributed by atoms with E-state index in [0.717, 1.165) is 5.56 Å². The second kappa shape index (κ2) is 11.5. The first-order valence-electron chi connectivity index (χ1n) is 11.6.